The summed E-state index contributed by atoms with van der Waals surface area (Å²) in [7, 11) is 0. The minimum absolute atomic E-state index is 0.276. The van der Waals surface area contributed by atoms with Gasteiger partial charge in [0.2, 0.25) is 0 Å². The molecule has 0 spiro atoms. The first-order valence-corrected chi connectivity index (χ1v) is 5.56. The van der Waals surface area contributed by atoms with Crippen molar-refractivity contribution in [2.45, 2.75) is 26.0 Å². The number of aliphatic hydroxyl groups is 1. The minimum Gasteiger partial charge on any atom is -0.392 e. The Labute approximate surface area is 93.5 Å². The van der Waals surface area contributed by atoms with Gasteiger partial charge in [0.15, 0.2) is 0 Å². The number of hydrogen-bond donors (Lipinski definition) is 2. The maximum atomic E-state index is 9.12. The van der Waals surface area contributed by atoms with E-state index < -0.39 is 0 Å². The minimum atomic E-state index is -0.298. The predicted octanol–water partition coefficient (Wildman–Crippen LogP) is 2.48. The van der Waals surface area contributed by atoms with E-state index in [1.54, 1.807) is 6.92 Å². The van der Waals surface area contributed by atoms with E-state index in [0.717, 1.165) is 4.47 Å². The summed E-state index contributed by atoms with van der Waals surface area (Å²) < 4.78 is 1.09. The van der Waals surface area contributed by atoms with Crippen LogP contribution in [0.5, 0.6) is 0 Å². The smallest absolute Gasteiger partial charge is 0.0636 e. The lowest BCUT2D eigenvalue weighted by atomic mass is 10.1. The normalized spacial score (nSPS) is 15.1. The van der Waals surface area contributed by atoms with E-state index in [9.17, 15) is 0 Å². The quantitative estimate of drug-likeness (QED) is 0.869. The van der Waals surface area contributed by atoms with Crippen molar-refractivity contribution < 1.29 is 5.11 Å². The molecular weight excluding hydrogens is 242 g/mol. The lowest BCUT2D eigenvalue weighted by Gasteiger charge is -2.15. The van der Waals surface area contributed by atoms with E-state index in [1.807, 2.05) is 12.1 Å². The summed E-state index contributed by atoms with van der Waals surface area (Å²) in [6.07, 6.45) is -0.298. The van der Waals surface area contributed by atoms with Crippen LogP contribution in [0.15, 0.2) is 28.7 Å². The molecule has 0 aliphatic rings. The molecule has 0 bridgehead atoms. The van der Waals surface area contributed by atoms with E-state index in [-0.39, 0.29) is 12.1 Å². The summed E-state index contributed by atoms with van der Waals surface area (Å²) in [6.45, 7) is 4.49. The maximum Gasteiger partial charge on any atom is 0.0636 e. The first-order chi connectivity index (χ1) is 6.59. The summed E-state index contributed by atoms with van der Waals surface area (Å²) in [5.41, 5.74) is 1.23. The van der Waals surface area contributed by atoms with Crippen molar-refractivity contribution in [3.8, 4) is 0 Å². The van der Waals surface area contributed by atoms with Crippen LogP contribution in [0.1, 0.15) is 25.5 Å². The molecule has 0 saturated heterocycles. The Balaban J connectivity index is 2.52. The first-order valence-electron chi connectivity index (χ1n) is 4.76. The van der Waals surface area contributed by atoms with Gasteiger partial charge in [-0.2, -0.15) is 0 Å². The van der Waals surface area contributed by atoms with Gasteiger partial charge in [-0.1, -0.05) is 28.1 Å². The highest BCUT2D eigenvalue weighted by molar-refractivity contribution is 9.10. The van der Waals surface area contributed by atoms with Crippen LogP contribution in [0.25, 0.3) is 0 Å². The molecule has 0 amide bonds. The van der Waals surface area contributed by atoms with Crippen molar-refractivity contribution in [1.29, 1.82) is 0 Å². The second-order valence-electron chi connectivity index (χ2n) is 3.53. The van der Waals surface area contributed by atoms with Crippen LogP contribution in [0.2, 0.25) is 0 Å². The molecule has 2 N–H and O–H groups in total. The van der Waals surface area contributed by atoms with Gasteiger partial charge in [0.1, 0.15) is 0 Å². The fourth-order valence-electron chi connectivity index (χ4n) is 1.22. The van der Waals surface area contributed by atoms with Gasteiger partial charge in [-0.15, -0.1) is 0 Å². The summed E-state index contributed by atoms with van der Waals surface area (Å²) in [6, 6.07) is 8.47. The van der Waals surface area contributed by atoms with Crippen LogP contribution in [-0.4, -0.2) is 17.8 Å². The molecule has 0 unspecified atom stereocenters. The van der Waals surface area contributed by atoms with Crippen LogP contribution >= 0.6 is 15.9 Å². The zero-order valence-electron chi connectivity index (χ0n) is 8.50. The molecule has 2 atom stereocenters. The SMILES string of the molecule is C[C@H](O)CN[C@H](C)c1ccc(Br)cc1. The second-order valence-corrected chi connectivity index (χ2v) is 4.45. The molecule has 1 rings (SSSR count). The highest BCUT2D eigenvalue weighted by Gasteiger charge is 2.05. The molecule has 0 heterocycles. The Morgan fingerprint density at radius 3 is 2.36 bits per heavy atom. The molecule has 0 radical (unpaired) electrons. The van der Waals surface area contributed by atoms with E-state index in [1.165, 1.54) is 5.56 Å². The number of halogens is 1. The summed E-state index contributed by atoms with van der Waals surface area (Å²) in [5.74, 6) is 0. The molecule has 2 nitrogen and oxygen atoms in total. The number of hydrogen-bond acceptors (Lipinski definition) is 2. The van der Waals surface area contributed by atoms with Crippen molar-refractivity contribution in [1.82, 2.24) is 5.32 Å². The van der Waals surface area contributed by atoms with Gasteiger partial charge < -0.3 is 10.4 Å². The van der Waals surface area contributed by atoms with Gasteiger partial charge in [0, 0.05) is 17.1 Å². The summed E-state index contributed by atoms with van der Waals surface area (Å²) in [4.78, 5) is 0. The predicted molar refractivity (Wildman–Crippen MR) is 62.2 cm³/mol. The Morgan fingerprint density at radius 1 is 1.29 bits per heavy atom. The average molecular weight is 258 g/mol. The molecule has 78 valence electrons. The Kier molecular flexibility index (Phi) is 4.58. The summed E-state index contributed by atoms with van der Waals surface area (Å²) >= 11 is 3.40. The Hall–Kier alpha value is -0.380. The first kappa shape index (κ1) is 11.7. The monoisotopic (exact) mass is 257 g/mol. The standard InChI is InChI=1S/C11H16BrNO/c1-8(14)7-13-9(2)10-3-5-11(12)6-4-10/h3-6,8-9,13-14H,7H2,1-2H3/t8-,9+/m0/s1. The molecule has 1 aromatic rings. The number of aliphatic hydroxyl groups excluding tert-OH is 1. The van der Waals surface area contributed by atoms with Crippen molar-refractivity contribution in [2.24, 2.45) is 0 Å². The second kappa shape index (κ2) is 5.49. The fraction of sp³-hybridized carbons (Fsp3) is 0.455. The molecular formula is C11H16BrNO. The van der Waals surface area contributed by atoms with Crippen molar-refractivity contribution in [3.63, 3.8) is 0 Å². The fourth-order valence-corrected chi connectivity index (χ4v) is 1.48. The van der Waals surface area contributed by atoms with Gasteiger partial charge in [0.05, 0.1) is 6.10 Å². The van der Waals surface area contributed by atoms with E-state index in [2.05, 4.69) is 40.3 Å². The van der Waals surface area contributed by atoms with Crippen molar-refractivity contribution >= 4 is 15.9 Å². The highest BCUT2D eigenvalue weighted by Crippen LogP contribution is 2.16. The van der Waals surface area contributed by atoms with Crippen LogP contribution in [0, 0.1) is 0 Å². The van der Waals surface area contributed by atoms with Gasteiger partial charge >= 0.3 is 0 Å². The van der Waals surface area contributed by atoms with Crippen LogP contribution < -0.4 is 5.32 Å². The van der Waals surface area contributed by atoms with E-state index in [4.69, 9.17) is 5.11 Å². The zero-order chi connectivity index (χ0) is 10.6. The third-order valence-corrected chi connectivity index (χ3v) is 2.62. The third kappa shape index (κ3) is 3.78. The molecule has 0 fully saturated rings. The van der Waals surface area contributed by atoms with Crippen LogP contribution in [0.3, 0.4) is 0 Å². The molecule has 0 aliphatic heterocycles. The lowest BCUT2D eigenvalue weighted by Crippen LogP contribution is -2.27. The van der Waals surface area contributed by atoms with Crippen LogP contribution in [-0.2, 0) is 0 Å². The topological polar surface area (TPSA) is 32.3 Å². The Morgan fingerprint density at radius 2 is 1.86 bits per heavy atom. The van der Waals surface area contributed by atoms with Gasteiger partial charge in [-0.05, 0) is 31.5 Å². The molecule has 14 heavy (non-hydrogen) atoms. The zero-order valence-corrected chi connectivity index (χ0v) is 10.1. The summed E-state index contributed by atoms with van der Waals surface area (Å²) in [5, 5.41) is 12.4. The molecule has 0 aromatic heterocycles. The molecule has 3 heteroatoms. The van der Waals surface area contributed by atoms with Gasteiger partial charge in [0.25, 0.3) is 0 Å². The number of benzene rings is 1. The highest BCUT2D eigenvalue weighted by atomic mass is 79.9. The van der Waals surface area contributed by atoms with E-state index in [0.29, 0.717) is 6.54 Å². The van der Waals surface area contributed by atoms with Gasteiger partial charge in [-0.25, -0.2) is 0 Å². The maximum absolute atomic E-state index is 9.12. The number of nitrogens with one attached hydrogen (secondary N) is 1. The molecule has 0 saturated carbocycles. The molecule has 0 aliphatic carbocycles. The number of rotatable bonds is 4. The Bertz CT molecular complexity index is 271. The van der Waals surface area contributed by atoms with E-state index >= 15 is 0 Å². The third-order valence-electron chi connectivity index (χ3n) is 2.09. The van der Waals surface area contributed by atoms with Crippen LogP contribution in [0.4, 0.5) is 0 Å². The van der Waals surface area contributed by atoms with Crippen molar-refractivity contribution in [3.05, 3.63) is 34.3 Å². The van der Waals surface area contributed by atoms with Gasteiger partial charge in [-0.3, -0.25) is 0 Å². The lowest BCUT2D eigenvalue weighted by molar-refractivity contribution is 0.187. The average Bonchev–Trinajstić information content (AvgIpc) is 2.15. The van der Waals surface area contributed by atoms with Crippen molar-refractivity contribution in [2.75, 3.05) is 6.54 Å². The largest absolute Gasteiger partial charge is 0.392 e. The molecule has 1 aromatic carbocycles.